The molecule has 16 heavy (non-hydrogen) atoms. The zero-order valence-electron chi connectivity index (χ0n) is 9.28. The third-order valence-corrected chi connectivity index (χ3v) is 3.58. The van der Waals surface area contributed by atoms with E-state index in [-0.39, 0.29) is 6.03 Å². The Kier molecular flexibility index (Phi) is 2.31. The van der Waals surface area contributed by atoms with Gasteiger partial charge in [0, 0.05) is 19.1 Å². The summed E-state index contributed by atoms with van der Waals surface area (Å²) in [6.45, 7) is 1.74. The van der Waals surface area contributed by atoms with Crippen LogP contribution >= 0.6 is 0 Å². The van der Waals surface area contributed by atoms with Crippen molar-refractivity contribution in [2.45, 2.75) is 25.3 Å². The molecule has 1 fully saturated rings. The van der Waals surface area contributed by atoms with Gasteiger partial charge in [0.05, 0.1) is 0 Å². The summed E-state index contributed by atoms with van der Waals surface area (Å²) < 4.78 is 0. The van der Waals surface area contributed by atoms with Gasteiger partial charge in [0.1, 0.15) is 0 Å². The highest BCUT2D eigenvalue weighted by molar-refractivity contribution is 5.75. The van der Waals surface area contributed by atoms with Crippen molar-refractivity contribution >= 4 is 6.03 Å². The lowest BCUT2D eigenvalue weighted by molar-refractivity contribution is 0.163. The molecule has 2 aliphatic rings. The maximum atomic E-state index is 11.7. The zero-order valence-corrected chi connectivity index (χ0v) is 9.28. The molecular weight excluding hydrogens is 200 g/mol. The van der Waals surface area contributed by atoms with Crippen LogP contribution in [0.15, 0.2) is 24.3 Å². The molecule has 0 bridgehead atoms. The van der Waals surface area contributed by atoms with E-state index >= 15 is 0 Å². The summed E-state index contributed by atoms with van der Waals surface area (Å²) >= 11 is 0. The van der Waals surface area contributed by atoms with Gasteiger partial charge in [-0.15, -0.1) is 0 Å². The summed E-state index contributed by atoms with van der Waals surface area (Å²) in [5.41, 5.74) is 2.82. The molecule has 1 aliphatic carbocycles. The Morgan fingerprint density at radius 1 is 1.19 bits per heavy atom. The fourth-order valence-electron chi connectivity index (χ4n) is 2.75. The smallest absolute Gasteiger partial charge is 0.317 e. The Morgan fingerprint density at radius 3 is 2.50 bits per heavy atom. The van der Waals surface area contributed by atoms with Crippen molar-refractivity contribution in [3.8, 4) is 0 Å². The number of nitrogens with one attached hydrogen (secondary N) is 1. The molecule has 0 saturated carbocycles. The maximum absolute atomic E-state index is 11.7. The number of amides is 2. The van der Waals surface area contributed by atoms with E-state index in [1.165, 1.54) is 11.1 Å². The number of carbonyl (C=O) groups excluding carboxylic acids is 1. The molecular formula is C13H16N2O. The number of nitrogens with zero attached hydrogens (tertiary/aromatic N) is 1. The minimum Gasteiger partial charge on any atom is -0.338 e. The Hall–Kier alpha value is -1.51. The Bertz CT molecular complexity index is 391. The van der Waals surface area contributed by atoms with Gasteiger partial charge in [0.25, 0.3) is 0 Å². The SMILES string of the molecule is O=C1NCCCN1C1Cc2ccccc2C1. The molecule has 84 valence electrons. The van der Waals surface area contributed by atoms with E-state index < -0.39 is 0 Å². The van der Waals surface area contributed by atoms with Crippen LogP contribution < -0.4 is 5.32 Å². The first-order valence-electron chi connectivity index (χ1n) is 5.96. The van der Waals surface area contributed by atoms with E-state index in [9.17, 15) is 4.79 Å². The van der Waals surface area contributed by atoms with Crippen molar-refractivity contribution in [3.05, 3.63) is 35.4 Å². The van der Waals surface area contributed by atoms with Gasteiger partial charge < -0.3 is 10.2 Å². The predicted octanol–water partition coefficient (Wildman–Crippen LogP) is 1.57. The highest BCUT2D eigenvalue weighted by Crippen LogP contribution is 2.26. The molecule has 1 heterocycles. The molecule has 3 nitrogen and oxygen atoms in total. The number of benzene rings is 1. The summed E-state index contributed by atoms with van der Waals surface area (Å²) in [6, 6.07) is 9.00. The van der Waals surface area contributed by atoms with E-state index in [0.717, 1.165) is 32.4 Å². The van der Waals surface area contributed by atoms with Crippen molar-refractivity contribution in [2.24, 2.45) is 0 Å². The minimum absolute atomic E-state index is 0.115. The van der Waals surface area contributed by atoms with Crippen molar-refractivity contribution in [2.75, 3.05) is 13.1 Å². The first-order valence-corrected chi connectivity index (χ1v) is 5.96. The molecule has 0 atom stereocenters. The number of hydrogen-bond donors (Lipinski definition) is 1. The van der Waals surface area contributed by atoms with Crippen LogP contribution in [0.5, 0.6) is 0 Å². The first kappa shape index (κ1) is 9.70. The lowest BCUT2D eigenvalue weighted by atomic mass is 10.1. The zero-order chi connectivity index (χ0) is 11.0. The second-order valence-corrected chi connectivity index (χ2v) is 4.61. The Morgan fingerprint density at radius 2 is 1.88 bits per heavy atom. The van der Waals surface area contributed by atoms with Crippen LogP contribution in [0.4, 0.5) is 4.79 Å². The molecule has 3 rings (SSSR count). The topological polar surface area (TPSA) is 32.3 Å². The largest absolute Gasteiger partial charge is 0.338 e. The average molecular weight is 216 g/mol. The summed E-state index contributed by atoms with van der Waals surface area (Å²) in [6.07, 6.45) is 3.10. The van der Waals surface area contributed by atoms with Crippen LogP contribution in [0.1, 0.15) is 17.5 Å². The number of carbonyl (C=O) groups is 1. The fourth-order valence-corrected chi connectivity index (χ4v) is 2.75. The van der Waals surface area contributed by atoms with Crippen LogP contribution in [0.25, 0.3) is 0 Å². The van der Waals surface area contributed by atoms with Crippen molar-refractivity contribution in [3.63, 3.8) is 0 Å². The standard InChI is InChI=1S/C13H16N2O/c16-13-14-6-3-7-15(13)12-8-10-4-1-2-5-11(10)9-12/h1-2,4-5,12H,3,6-9H2,(H,14,16). The molecule has 0 aromatic heterocycles. The normalized spacial score (nSPS) is 20.8. The molecule has 1 saturated heterocycles. The van der Waals surface area contributed by atoms with Crippen molar-refractivity contribution in [1.82, 2.24) is 10.2 Å². The van der Waals surface area contributed by atoms with E-state index in [0.29, 0.717) is 6.04 Å². The van der Waals surface area contributed by atoms with Crippen LogP contribution in [-0.2, 0) is 12.8 Å². The highest BCUT2D eigenvalue weighted by Gasteiger charge is 2.30. The highest BCUT2D eigenvalue weighted by atomic mass is 16.2. The van der Waals surface area contributed by atoms with Crippen LogP contribution in [0.3, 0.4) is 0 Å². The number of hydrogen-bond acceptors (Lipinski definition) is 1. The first-order chi connectivity index (χ1) is 7.84. The van der Waals surface area contributed by atoms with Crippen LogP contribution in [0, 0.1) is 0 Å². The third kappa shape index (κ3) is 1.56. The lowest BCUT2D eigenvalue weighted by Gasteiger charge is -2.32. The van der Waals surface area contributed by atoms with E-state index in [1.807, 2.05) is 4.90 Å². The monoisotopic (exact) mass is 216 g/mol. The molecule has 3 heteroatoms. The summed E-state index contributed by atoms with van der Waals surface area (Å²) in [4.78, 5) is 13.8. The molecule has 2 amide bonds. The maximum Gasteiger partial charge on any atom is 0.317 e. The number of fused-ring (bicyclic) bond motifs is 1. The number of urea groups is 1. The second-order valence-electron chi connectivity index (χ2n) is 4.61. The molecule has 0 unspecified atom stereocenters. The number of rotatable bonds is 1. The predicted molar refractivity (Wildman–Crippen MR) is 62.4 cm³/mol. The van der Waals surface area contributed by atoms with E-state index in [2.05, 4.69) is 29.6 Å². The average Bonchev–Trinajstić information content (AvgIpc) is 2.73. The Balaban J connectivity index is 1.77. The minimum atomic E-state index is 0.115. The molecule has 0 spiro atoms. The van der Waals surface area contributed by atoms with Crippen LogP contribution in [-0.4, -0.2) is 30.1 Å². The lowest BCUT2D eigenvalue weighted by Crippen LogP contribution is -2.51. The van der Waals surface area contributed by atoms with Gasteiger partial charge in [0.15, 0.2) is 0 Å². The van der Waals surface area contributed by atoms with Crippen molar-refractivity contribution < 1.29 is 4.79 Å². The van der Waals surface area contributed by atoms with Gasteiger partial charge in [-0.05, 0) is 30.4 Å². The molecule has 1 aromatic rings. The van der Waals surface area contributed by atoms with Gasteiger partial charge in [-0.3, -0.25) is 0 Å². The third-order valence-electron chi connectivity index (χ3n) is 3.58. The van der Waals surface area contributed by atoms with Crippen molar-refractivity contribution in [1.29, 1.82) is 0 Å². The van der Waals surface area contributed by atoms with Crippen LogP contribution in [0.2, 0.25) is 0 Å². The van der Waals surface area contributed by atoms with Gasteiger partial charge in [-0.25, -0.2) is 4.79 Å². The molecule has 1 aliphatic heterocycles. The van der Waals surface area contributed by atoms with E-state index in [4.69, 9.17) is 0 Å². The Labute approximate surface area is 95.4 Å². The molecule has 1 N–H and O–H groups in total. The summed E-state index contributed by atoms with van der Waals surface area (Å²) in [5, 5.41) is 2.92. The van der Waals surface area contributed by atoms with Gasteiger partial charge >= 0.3 is 6.03 Å². The summed E-state index contributed by atoms with van der Waals surface area (Å²) in [7, 11) is 0. The quantitative estimate of drug-likeness (QED) is 0.759. The fraction of sp³-hybridized carbons (Fsp3) is 0.462. The summed E-state index contributed by atoms with van der Waals surface area (Å²) in [5.74, 6) is 0. The van der Waals surface area contributed by atoms with Gasteiger partial charge in [-0.1, -0.05) is 24.3 Å². The van der Waals surface area contributed by atoms with Gasteiger partial charge in [-0.2, -0.15) is 0 Å². The molecule has 0 radical (unpaired) electrons. The van der Waals surface area contributed by atoms with Gasteiger partial charge in [0.2, 0.25) is 0 Å². The molecule has 1 aromatic carbocycles. The van der Waals surface area contributed by atoms with E-state index in [1.54, 1.807) is 0 Å². The second kappa shape index (κ2) is 3.81.